The first-order valence-corrected chi connectivity index (χ1v) is 9.79. The first kappa shape index (κ1) is 21.4. The molecule has 2 aromatic rings. The van der Waals surface area contributed by atoms with Gasteiger partial charge in [-0.15, -0.1) is 0 Å². The maximum absolute atomic E-state index is 12.4. The monoisotopic (exact) mass is 407 g/mol. The summed E-state index contributed by atoms with van der Waals surface area (Å²) in [7, 11) is 1.56. The Morgan fingerprint density at radius 3 is 2.67 bits per heavy atom. The molecule has 2 aromatic carbocycles. The van der Waals surface area contributed by atoms with Gasteiger partial charge in [0.25, 0.3) is 5.91 Å². The molecule has 3 rings (SSSR count). The Bertz CT molecular complexity index is 916. The Hall–Kier alpha value is -3.34. The van der Waals surface area contributed by atoms with Crippen LogP contribution in [-0.2, 0) is 9.53 Å². The van der Waals surface area contributed by atoms with Crippen molar-refractivity contribution in [2.24, 2.45) is 0 Å². The SMILES string of the molecule is COc1cc(C=C(C#N)C(=O)Nc2ccccc2)ccc1OCCN1CCOCC1. The van der Waals surface area contributed by atoms with E-state index in [1.807, 2.05) is 24.3 Å². The van der Waals surface area contributed by atoms with Gasteiger partial charge in [-0.3, -0.25) is 9.69 Å². The van der Waals surface area contributed by atoms with Gasteiger partial charge in [-0.1, -0.05) is 24.3 Å². The van der Waals surface area contributed by atoms with Gasteiger partial charge in [0.2, 0.25) is 0 Å². The molecule has 7 nitrogen and oxygen atoms in total. The van der Waals surface area contributed by atoms with Crippen LogP contribution in [-0.4, -0.2) is 57.4 Å². The summed E-state index contributed by atoms with van der Waals surface area (Å²) in [5.41, 5.74) is 1.30. The molecular formula is C23H25N3O4. The van der Waals surface area contributed by atoms with Crippen LogP contribution in [0, 0.1) is 11.3 Å². The van der Waals surface area contributed by atoms with Gasteiger partial charge in [0.1, 0.15) is 18.2 Å². The van der Waals surface area contributed by atoms with Crippen LogP contribution < -0.4 is 14.8 Å². The molecule has 0 aromatic heterocycles. The van der Waals surface area contributed by atoms with Crippen molar-refractivity contribution in [1.82, 2.24) is 4.90 Å². The van der Waals surface area contributed by atoms with Crippen LogP contribution in [0.1, 0.15) is 5.56 Å². The zero-order chi connectivity index (χ0) is 21.2. The first-order valence-electron chi connectivity index (χ1n) is 9.79. The summed E-state index contributed by atoms with van der Waals surface area (Å²) in [6, 6.07) is 16.3. The number of hydrogen-bond acceptors (Lipinski definition) is 6. The van der Waals surface area contributed by atoms with E-state index in [4.69, 9.17) is 14.2 Å². The fraction of sp³-hybridized carbons (Fsp3) is 0.304. The van der Waals surface area contributed by atoms with Gasteiger partial charge in [0, 0.05) is 25.3 Å². The van der Waals surface area contributed by atoms with E-state index in [0.717, 1.165) is 32.8 Å². The summed E-state index contributed by atoms with van der Waals surface area (Å²) in [4.78, 5) is 14.7. The van der Waals surface area contributed by atoms with E-state index < -0.39 is 5.91 Å². The number of ether oxygens (including phenoxy) is 3. The fourth-order valence-electron chi connectivity index (χ4n) is 3.04. The number of anilines is 1. The maximum Gasteiger partial charge on any atom is 0.266 e. The molecule has 0 saturated carbocycles. The minimum absolute atomic E-state index is 0.00175. The highest BCUT2D eigenvalue weighted by Gasteiger charge is 2.13. The van der Waals surface area contributed by atoms with Crippen LogP contribution in [0.25, 0.3) is 6.08 Å². The Kier molecular flexibility index (Phi) is 7.84. The summed E-state index contributed by atoms with van der Waals surface area (Å²) >= 11 is 0. The highest BCUT2D eigenvalue weighted by atomic mass is 16.5. The third-order valence-corrected chi connectivity index (χ3v) is 4.66. The molecule has 1 aliphatic heterocycles. The largest absolute Gasteiger partial charge is 0.493 e. The lowest BCUT2D eigenvalue weighted by Gasteiger charge is -2.26. The summed E-state index contributed by atoms with van der Waals surface area (Å²) in [6.07, 6.45) is 1.53. The standard InChI is InChI=1S/C23H25N3O4/c1-28-22-16-18(7-8-21(22)30-14-11-26-9-12-29-13-10-26)15-19(17-24)23(27)25-20-5-3-2-4-6-20/h2-8,15-16H,9-14H2,1H3,(H,25,27). The van der Waals surface area contributed by atoms with E-state index >= 15 is 0 Å². The molecule has 1 fully saturated rings. The summed E-state index contributed by atoms with van der Waals surface area (Å²) in [5.74, 6) is 0.704. The molecule has 1 saturated heterocycles. The molecule has 0 radical (unpaired) electrons. The molecule has 1 N–H and O–H groups in total. The number of morpholine rings is 1. The second-order valence-electron chi connectivity index (χ2n) is 6.70. The van der Waals surface area contributed by atoms with Crippen molar-refractivity contribution in [3.05, 3.63) is 59.7 Å². The van der Waals surface area contributed by atoms with Gasteiger partial charge >= 0.3 is 0 Å². The normalized spacial score (nSPS) is 14.6. The third kappa shape index (κ3) is 6.08. The fourth-order valence-corrected chi connectivity index (χ4v) is 3.04. The lowest BCUT2D eigenvalue weighted by molar-refractivity contribution is -0.112. The van der Waals surface area contributed by atoms with E-state index in [2.05, 4.69) is 10.2 Å². The van der Waals surface area contributed by atoms with Crippen molar-refractivity contribution in [2.75, 3.05) is 51.9 Å². The number of para-hydroxylation sites is 1. The number of amides is 1. The van der Waals surface area contributed by atoms with Crippen LogP contribution >= 0.6 is 0 Å². The molecule has 1 aliphatic rings. The van der Waals surface area contributed by atoms with Crippen molar-refractivity contribution < 1.29 is 19.0 Å². The summed E-state index contributed by atoms with van der Waals surface area (Å²) in [5, 5.41) is 12.1. The van der Waals surface area contributed by atoms with E-state index in [1.165, 1.54) is 6.08 Å². The van der Waals surface area contributed by atoms with Crippen LogP contribution in [0.5, 0.6) is 11.5 Å². The number of nitrogens with zero attached hydrogens (tertiary/aromatic N) is 2. The Morgan fingerprint density at radius 1 is 1.20 bits per heavy atom. The molecule has 156 valence electrons. The zero-order valence-corrected chi connectivity index (χ0v) is 17.0. The minimum atomic E-state index is -0.464. The second kappa shape index (κ2) is 11.0. The average molecular weight is 407 g/mol. The van der Waals surface area contributed by atoms with E-state index in [9.17, 15) is 10.1 Å². The molecule has 0 spiro atoms. The minimum Gasteiger partial charge on any atom is -0.493 e. The Morgan fingerprint density at radius 2 is 1.97 bits per heavy atom. The predicted octanol–water partition coefficient (Wildman–Crippen LogP) is 2.95. The number of hydrogen-bond donors (Lipinski definition) is 1. The third-order valence-electron chi connectivity index (χ3n) is 4.66. The molecule has 0 unspecified atom stereocenters. The first-order chi connectivity index (χ1) is 14.7. The van der Waals surface area contributed by atoms with Crippen LogP contribution in [0.4, 0.5) is 5.69 Å². The topological polar surface area (TPSA) is 83.8 Å². The summed E-state index contributed by atoms with van der Waals surface area (Å²) < 4.78 is 16.6. The smallest absolute Gasteiger partial charge is 0.266 e. The second-order valence-corrected chi connectivity index (χ2v) is 6.70. The predicted molar refractivity (Wildman–Crippen MR) is 114 cm³/mol. The molecule has 0 aliphatic carbocycles. The van der Waals surface area contributed by atoms with E-state index in [1.54, 1.807) is 37.4 Å². The van der Waals surface area contributed by atoms with Gasteiger partial charge in [-0.25, -0.2) is 0 Å². The number of nitrogens with one attached hydrogen (secondary N) is 1. The van der Waals surface area contributed by atoms with Gasteiger partial charge in [0.05, 0.1) is 20.3 Å². The average Bonchev–Trinajstić information content (AvgIpc) is 2.79. The van der Waals surface area contributed by atoms with E-state index in [0.29, 0.717) is 29.4 Å². The zero-order valence-electron chi connectivity index (χ0n) is 17.0. The van der Waals surface area contributed by atoms with Crippen LogP contribution in [0.15, 0.2) is 54.1 Å². The van der Waals surface area contributed by atoms with Gasteiger partial charge in [0.15, 0.2) is 11.5 Å². The van der Waals surface area contributed by atoms with Crippen LogP contribution in [0.2, 0.25) is 0 Å². The van der Waals surface area contributed by atoms with Gasteiger partial charge < -0.3 is 19.5 Å². The number of carbonyl (C=O) groups excluding carboxylic acids is 1. The maximum atomic E-state index is 12.4. The molecule has 0 atom stereocenters. The van der Waals surface area contributed by atoms with Crippen molar-refractivity contribution >= 4 is 17.7 Å². The Labute approximate surface area is 176 Å². The van der Waals surface area contributed by atoms with Crippen molar-refractivity contribution in [1.29, 1.82) is 5.26 Å². The number of rotatable bonds is 8. The van der Waals surface area contributed by atoms with E-state index in [-0.39, 0.29) is 5.57 Å². The highest BCUT2D eigenvalue weighted by molar-refractivity contribution is 6.09. The number of carbonyl (C=O) groups is 1. The molecule has 30 heavy (non-hydrogen) atoms. The molecule has 7 heteroatoms. The molecule has 1 heterocycles. The number of nitriles is 1. The molecular weight excluding hydrogens is 382 g/mol. The summed E-state index contributed by atoms with van der Waals surface area (Å²) in [6.45, 7) is 4.67. The van der Waals surface area contributed by atoms with Gasteiger partial charge in [-0.05, 0) is 35.9 Å². The molecule has 1 amide bonds. The van der Waals surface area contributed by atoms with Crippen molar-refractivity contribution in [3.63, 3.8) is 0 Å². The lowest BCUT2D eigenvalue weighted by atomic mass is 10.1. The highest BCUT2D eigenvalue weighted by Crippen LogP contribution is 2.29. The lowest BCUT2D eigenvalue weighted by Crippen LogP contribution is -2.38. The van der Waals surface area contributed by atoms with Crippen molar-refractivity contribution in [2.45, 2.75) is 0 Å². The van der Waals surface area contributed by atoms with Crippen molar-refractivity contribution in [3.8, 4) is 17.6 Å². The molecule has 0 bridgehead atoms. The van der Waals surface area contributed by atoms with Crippen LogP contribution in [0.3, 0.4) is 0 Å². The Balaban J connectivity index is 1.64. The van der Waals surface area contributed by atoms with Gasteiger partial charge in [-0.2, -0.15) is 5.26 Å². The quantitative estimate of drug-likeness (QED) is 0.535. The number of benzene rings is 2. The number of methoxy groups -OCH3 is 1.